The van der Waals surface area contributed by atoms with Gasteiger partial charge in [0.15, 0.2) is 5.75 Å². The van der Waals surface area contributed by atoms with Gasteiger partial charge in [0.2, 0.25) is 5.91 Å². The molecule has 5 nitrogen and oxygen atoms in total. The van der Waals surface area contributed by atoms with Crippen molar-refractivity contribution >= 4 is 40.2 Å². The van der Waals surface area contributed by atoms with Gasteiger partial charge in [-0.15, -0.1) is 0 Å². The summed E-state index contributed by atoms with van der Waals surface area (Å²) in [5, 5.41) is 11.3. The van der Waals surface area contributed by atoms with E-state index in [4.69, 9.17) is 10.00 Å². The van der Waals surface area contributed by atoms with Crippen LogP contribution in [-0.2, 0) is 9.59 Å². The molecule has 1 amide bonds. The average molecular weight is 344 g/mol. The van der Waals surface area contributed by atoms with Gasteiger partial charge >= 0.3 is 5.97 Å². The Balaban J connectivity index is 3.29. The number of hydrogen-bond acceptors (Lipinski definition) is 4. The largest absolute Gasteiger partial charge is 0.423 e. The van der Waals surface area contributed by atoms with Gasteiger partial charge in [-0.25, -0.2) is 0 Å². The van der Waals surface area contributed by atoms with E-state index in [1.54, 1.807) is 6.07 Å². The van der Waals surface area contributed by atoms with Gasteiger partial charge in [-0.1, -0.05) is 0 Å². The van der Waals surface area contributed by atoms with E-state index in [2.05, 4.69) is 5.32 Å². The third-order valence-electron chi connectivity index (χ3n) is 1.73. The molecule has 0 unspecified atom stereocenters. The number of rotatable bonds is 2. The molecule has 0 saturated heterocycles. The number of esters is 1. The van der Waals surface area contributed by atoms with E-state index in [0.717, 1.165) is 0 Å². The van der Waals surface area contributed by atoms with Gasteiger partial charge in [-0.2, -0.15) is 5.26 Å². The highest BCUT2D eigenvalue weighted by Crippen LogP contribution is 2.32. The van der Waals surface area contributed by atoms with E-state index < -0.39 is 5.97 Å². The van der Waals surface area contributed by atoms with Crippen molar-refractivity contribution < 1.29 is 14.3 Å². The molecular weight excluding hydrogens is 335 g/mol. The second kappa shape index (κ2) is 5.63. The smallest absolute Gasteiger partial charge is 0.308 e. The Labute approximate surface area is 112 Å². The van der Waals surface area contributed by atoms with Crippen LogP contribution in [0, 0.1) is 14.9 Å². The summed E-state index contributed by atoms with van der Waals surface area (Å²) in [6, 6.07) is 5.00. The number of carbonyl (C=O) groups excluding carboxylic acids is 2. The molecule has 0 fully saturated rings. The van der Waals surface area contributed by atoms with Crippen LogP contribution in [-0.4, -0.2) is 11.9 Å². The number of benzene rings is 1. The van der Waals surface area contributed by atoms with E-state index >= 15 is 0 Å². The lowest BCUT2D eigenvalue weighted by molar-refractivity contribution is -0.132. The molecule has 88 valence electrons. The molecule has 1 aromatic carbocycles. The van der Waals surface area contributed by atoms with E-state index in [1.807, 2.05) is 28.7 Å². The zero-order valence-electron chi connectivity index (χ0n) is 9.20. The molecule has 1 rings (SSSR count). The van der Waals surface area contributed by atoms with Crippen molar-refractivity contribution in [2.45, 2.75) is 13.8 Å². The number of nitrogens with one attached hydrogen (secondary N) is 1. The third-order valence-corrected chi connectivity index (χ3v) is 2.53. The summed E-state index contributed by atoms with van der Waals surface area (Å²) in [6.45, 7) is 2.61. The Morgan fingerprint density at radius 2 is 2.06 bits per heavy atom. The van der Waals surface area contributed by atoms with Crippen molar-refractivity contribution in [2.75, 3.05) is 5.32 Å². The lowest BCUT2D eigenvalue weighted by Crippen LogP contribution is -2.11. The standard InChI is InChI=1S/C11H9IN2O3/c1-6(15)14-10-4-8(5-13)3-9(12)11(10)17-7(2)16/h3-4H,1-2H3,(H,14,15). The minimum atomic E-state index is -0.487. The molecule has 17 heavy (non-hydrogen) atoms. The van der Waals surface area contributed by atoms with Crippen LogP contribution in [0.1, 0.15) is 19.4 Å². The molecule has 1 aromatic rings. The second-order valence-electron chi connectivity index (χ2n) is 3.22. The van der Waals surface area contributed by atoms with Gasteiger partial charge in [0.1, 0.15) is 0 Å². The van der Waals surface area contributed by atoms with Crippen LogP contribution in [0.3, 0.4) is 0 Å². The van der Waals surface area contributed by atoms with E-state index in [9.17, 15) is 9.59 Å². The summed E-state index contributed by atoms with van der Waals surface area (Å²) in [5.41, 5.74) is 0.699. The number of hydrogen-bond donors (Lipinski definition) is 1. The first-order valence-electron chi connectivity index (χ1n) is 4.63. The molecule has 0 aliphatic carbocycles. The molecule has 0 aliphatic heterocycles. The second-order valence-corrected chi connectivity index (χ2v) is 4.38. The first-order chi connectivity index (χ1) is 7.93. The van der Waals surface area contributed by atoms with Crippen LogP contribution >= 0.6 is 22.6 Å². The summed E-state index contributed by atoms with van der Waals surface area (Å²) >= 11 is 1.94. The highest BCUT2D eigenvalue weighted by molar-refractivity contribution is 14.1. The minimum Gasteiger partial charge on any atom is -0.423 e. The van der Waals surface area contributed by atoms with E-state index in [-0.39, 0.29) is 11.7 Å². The summed E-state index contributed by atoms with van der Waals surface area (Å²) in [6.07, 6.45) is 0. The predicted molar refractivity (Wildman–Crippen MR) is 69.5 cm³/mol. The van der Waals surface area contributed by atoms with Crippen molar-refractivity contribution in [3.8, 4) is 11.8 Å². The molecule has 1 N–H and O–H groups in total. The fraction of sp³-hybridized carbons (Fsp3) is 0.182. The summed E-state index contributed by atoms with van der Waals surface area (Å²) < 4.78 is 5.59. The Bertz CT molecular complexity index is 520. The van der Waals surface area contributed by atoms with Crippen molar-refractivity contribution in [1.82, 2.24) is 0 Å². The number of nitrogens with zero attached hydrogens (tertiary/aromatic N) is 1. The number of carbonyl (C=O) groups is 2. The Kier molecular flexibility index (Phi) is 4.45. The summed E-state index contributed by atoms with van der Waals surface area (Å²) in [4.78, 5) is 22.0. The topological polar surface area (TPSA) is 79.2 Å². The van der Waals surface area contributed by atoms with Gasteiger partial charge in [-0.3, -0.25) is 9.59 Å². The maximum absolute atomic E-state index is 11.0. The lowest BCUT2D eigenvalue weighted by Gasteiger charge is -2.11. The number of halogens is 1. The highest BCUT2D eigenvalue weighted by atomic mass is 127. The van der Waals surface area contributed by atoms with Crippen molar-refractivity contribution in [3.63, 3.8) is 0 Å². The molecule has 0 saturated carbocycles. The molecule has 6 heteroatoms. The first kappa shape index (κ1) is 13.4. The third kappa shape index (κ3) is 3.71. The molecule has 0 spiro atoms. The predicted octanol–water partition coefficient (Wildman–Crippen LogP) is 2.05. The van der Waals surface area contributed by atoms with E-state index in [1.165, 1.54) is 19.9 Å². The van der Waals surface area contributed by atoms with Crippen LogP contribution in [0.2, 0.25) is 0 Å². The SMILES string of the molecule is CC(=O)Nc1cc(C#N)cc(I)c1OC(C)=O. The Morgan fingerprint density at radius 3 is 2.53 bits per heavy atom. The molecular formula is C11H9IN2O3. The zero-order valence-corrected chi connectivity index (χ0v) is 11.4. The van der Waals surface area contributed by atoms with Crippen LogP contribution in [0.4, 0.5) is 5.69 Å². The van der Waals surface area contributed by atoms with Gasteiger partial charge in [0.05, 0.1) is 20.9 Å². The van der Waals surface area contributed by atoms with Crippen molar-refractivity contribution in [1.29, 1.82) is 5.26 Å². The lowest BCUT2D eigenvalue weighted by atomic mass is 10.2. The molecule has 0 aromatic heterocycles. The normalized spacial score (nSPS) is 9.29. The maximum atomic E-state index is 11.0. The molecule has 0 atom stereocenters. The van der Waals surface area contributed by atoms with Crippen LogP contribution < -0.4 is 10.1 Å². The average Bonchev–Trinajstić information content (AvgIpc) is 2.21. The van der Waals surface area contributed by atoms with Crippen LogP contribution in [0.15, 0.2) is 12.1 Å². The number of amides is 1. The maximum Gasteiger partial charge on any atom is 0.308 e. The number of anilines is 1. The zero-order chi connectivity index (χ0) is 13.0. The van der Waals surface area contributed by atoms with Crippen LogP contribution in [0.5, 0.6) is 5.75 Å². The van der Waals surface area contributed by atoms with Crippen molar-refractivity contribution in [3.05, 3.63) is 21.3 Å². The Morgan fingerprint density at radius 1 is 1.41 bits per heavy atom. The van der Waals surface area contributed by atoms with Gasteiger partial charge in [-0.05, 0) is 34.7 Å². The first-order valence-corrected chi connectivity index (χ1v) is 5.71. The minimum absolute atomic E-state index is 0.257. The molecule has 0 aliphatic rings. The molecule has 0 heterocycles. The highest BCUT2D eigenvalue weighted by Gasteiger charge is 2.13. The Hall–Kier alpha value is -1.62. The van der Waals surface area contributed by atoms with E-state index in [0.29, 0.717) is 14.8 Å². The number of ether oxygens (including phenoxy) is 1. The fourth-order valence-corrected chi connectivity index (χ4v) is 1.92. The number of nitriles is 1. The fourth-order valence-electron chi connectivity index (χ4n) is 1.19. The van der Waals surface area contributed by atoms with Gasteiger partial charge < -0.3 is 10.1 Å². The van der Waals surface area contributed by atoms with Gasteiger partial charge in [0.25, 0.3) is 0 Å². The van der Waals surface area contributed by atoms with Crippen molar-refractivity contribution in [2.24, 2.45) is 0 Å². The monoisotopic (exact) mass is 344 g/mol. The quantitative estimate of drug-likeness (QED) is 0.506. The van der Waals surface area contributed by atoms with Crippen LogP contribution in [0.25, 0.3) is 0 Å². The van der Waals surface area contributed by atoms with Gasteiger partial charge in [0, 0.05) is 13.8 Å². The molecule has 0 radical (unpaired) electrons. The summed E-state index contributed by atoms with van der Waals surface area (Å²) in [7, 11) is 0. The molecule has 0 bridgehead atoms. The summed E-state index contributed by atoms with van der Waals surface area (Å²) in [5.74, 6) is -0.532.